The monoisotopic (exact) mass is 446 g/mol. The smallest absolute Gasteiger partial charge is 0.224 e. The predicted octanol–water partition coefficient (Wildman–Crippen LogP) is 3.56. The summed E-state index contributed by atoms with van der Waals surface area (Å²) in [6.07, 6.45) is 3.97. The van der Waals surface area contributed by atoms with Crippen LogP contribution in [0, 0.1) is 0 Å². The summed E-state index contributed by atoms with van der Waals surface area (Å²) in [6.45, 7) is 2.75. The highest BCUT2D eigenvalue weighted by Gasteiger charge is 2.27. The molecule has 28 heavy (non-hydrogen) atoms. The van der Waals surface area contributed by atoms with Crippen molar-refractivity contribution >= 4 is 48.0 Å². The molecule has 154 valence electrons. The zero-order chi connectivity index (χ0) is 18.4. The van der Waals surface area contributed by atoms with Crippen molar-refractivity contribution in [1.29, 1.82) is 0 Å². The SMILES string of the molecule is COc1ccc(Cl)cc1NCCC(=O)N1CCNCC1c1cccnc1.Cl.Cl. The van der Waals surface area contributed by atoms with Crippen LogP contribution in [-0.4, -0.2) is 49.1 Å². The third-order valence-electron chi connectivity index (χ3n) is 4.45. The molecule has 2 heterocycles. The molecule has 1 aromatic carbocycles. The summed E-state index contributed by atoms with van der Waals surface area (Å²) < 4.78 is 5.32. The van der Waals surface area contributed by atoms with Crippen LogP contribution in [0.3, 0.4) is 0 Å². The number of halogens is 3. The van der Waals surface area contributed by atoms with E-state index in [0.717, 1.165) is 24.3 Å². The molecule has 1 fully saturated rings. The van der Waals surface area contributed by atoms with Crippen molar-refractivity contribution in [3.05, 3.63) is 53.3 Å². The van der Waals surface area contributed by atoms with Gasteiger partial charge in [0.05, 0.1) is 18.8 Å². The van der Waals surface area contributed by atoms with Crippen molar-refractivity contribution in [3.8, 4) is 5.75 Å². The Morgan fingerprint density at radius 2 is 2.21 bits per heavy atom. The molecule has 0 aliphatic carbocycles. The summed E-state index contributed by atoms with van der Waals surface area (Å²) >= 11 is 6.04. The summed E-state index contributed by atoms with van der Waals surface area (Å²) in [5.41, 5.74) is 1.84. The van der Waals surface area contributed by atoms with Crippen LogP contribution >= 0.6 is 36.4 Å². The third kappa shape index (κ3) is 6.14. The van der Waals surface area contributed by atoms with E-state index in [0.29, 0.717) is 30.3 Å². The number of aromatic nitrogens is 1. The molecule has 9 heteroatoms. The Hall–Kier alpha value is -1.73. The van der Waals surface area contributed by atoms with Gasteiger partial charge in [-0.1, -0.05) is 17.7 Å². The van der Waals surface area contributed by atoms with E-state index in [2.05, 4.69) is 15.6 Å². The summed E-state index contributed by atoms with van der Waals surface area (Å²) in [5, 5.41) is 7.22. The molecule has 0 spiro atoms. The minimum Gasteiger partial charge on any atom is -0.495 e. The minimum atomic E-state index is 0. The summed E-state index contributed by atoms with van der Waals surface area (Å²) in [5.74, 6) is 0.825. The van der Waals surface area contributed by atoms with Gasteiger partial charge in [-0.25, -0.2) is 0 Å². The molecule has 3 rings (SSSR count). The Labute approximate surface area is 182 Å². The number of ether oxygens (including phenoxy) is 1. The number of anilines is 1. The van der Waals surface area contributed by atoms with Crippen molar-refractivity contribution in [2.24, 2.45) is 0 Å². The fourth-order valence-electron chi connectivity index (χ4n) is 3.14. The number of carbonyl (C=O) groups is 1. The summed E-state index contributed by atoms with van der Waals surface area (Å²) in [4.78, 5) is 18.9. The molecule has 2 N–H and O–H groups in total. The number of pyridine rings is 1. The molecule has 2 aromatic rings. The second-order valence-corrected chi connectivity index (χ2v) is 6.55. The lowest BCUT2D eigenvalue weighted by molar-refractivity contribution is -0.134. The first-order chi connectivity index (χ1) is 12.7. The highest BCUT2D eigenvalue weighted by molar-refractivity contribution is 6.30. The quantitative estimate of drug-likeness (QED) is 0.709. The lowest BCUT2D eigenvalue weighted by atomic mass is 10.0. The molecule has 6 nitrogen and oxygen atoms in total. The van der Waals surface area contributed by atoms with Crippen LogP contribution in [-0.2, 0) is 4.79 Å². The van der Waals surface area contributed by atoms with Crippen molar-refractivity contribution in [2.75, 3.05) is 38.6 Å². The van der Waals surface area contributed by atoms with Crippen LogP contribution in [0.1, 0.15) is 18.0 Å². The number of benzene rings is 1. The number of amides is 1. The van der Waals surface area contributed by atoms with Crippen LogP contribution in [0.15, 0.2) is 42.7 Å². The number of nitrogens with zero attached hydrogens (tertiary/aromatic N) is 2. The van der Waals surface area contributed by atoms with Gasteiger partial charge in [0.2, 0.25) is 5.91 Å². The van der Waals surface area contributed by atoms with E-state index in [4.69, 9.17) is 16.3 Å². The first-order valence-electron chi connectivity index (χ1n) is 8.66. The van der Waals surface area contributed by atoms with Gasteiger partial charge in [-0.15, -0.1) is 24.8 Å². The van der Waals surface area contributed by atoms with E-state index < -0.39 is 0 Å². The third-order valence-corrected chi connectivity index (χ3v) is 4.68. The van der Waals surface area contributed by atoms with Crippen molar-refractivity contribution in [3.63, 3.8) is 0 Å². The van der Waals surface area contributed by atoms with Gasteiger partial charge in [0, 0.05) is 50.0 Å². The average molecular weight is 448 g/mol. The highest BCUT2D eigenvalue weighted by Crippen LogP contribution is 2.28. The van der Waals surface area contributed by atoms with Gasteiger partial charge in [-0.3, -0.25) is 9.78 Å². The van der Waals surface area contributed by atoms with Crippen LogP contribution < -0.4 is 15.4 Å². The molecule has 1 aliphatic heterocycles. The van der Waals surface area contributed by atoms with Crippen LogP contribution in [0.4, 0.5) is 5.69 Å². The standard InChI is InChI=1S/C19H23ClN4O2.2ClH/c1-26-18-5-4-15(20)11-16(18)23-8-6-19(25)24-10-9-22-13-17(24)14-3-2-7-21-12-14;;/h2-5,7,11-12,17,22-23H,6,8-10,13H2,1H3;2*1H. The second kappa shape index (κ2) is 12.0. The fourth-order valence-corrected chi connectivity index (χ4v) is 3.31. The molecule has 1 atom stereocenters. The molecule has 0 radical (unpaired) electrons. The van der Waals surface area contributed by atoms with Crippen molar-refractivity contribution in [2.45, 2.75) is 12.5 Å². The predicted molar refractivity (Wildman–Crippen MR) is 117 cm³/mol. The number of piperazine rings is 1. The molecule has 1 unspecified atom stereocenters. The molecule has 1 aromatic heterocycles. The van der Waals surface area contributed by atoms with E-state index in [1.54, 1.807) is 31.5 Å². The first-order valence-corrected chi connectivity index (χ1v) is 9.04. The molecular formula is C19H25Cl3N4O2. The van der Waals surface area contributed by atoms with Gasteiger partial charge in [0.25, 0.3) is 0 Å². The van der Waals surface area contributed by atoms with E-state index >= 15 is 0 Å². The number of rotatable bonds is 6. The number of methoxy groups -OCH3 is 1. The number of nitrogens with one attached hydrogen (secondary N) is 2. The molecule has 1 amide bonds. The Kier molecular flexibility index (Phi) is 10.4. The first kappa shape index (κ1) is 24.3. The lowest BCUT2D eigenvalue weighted by Crippen LogP contribution is -2.49. The van der Waals surface area contributed by atoms with Gasteiger partial charge in [-0.2, -0.15) is 0 Å². The van der Waals surface area contributed by atoms with Crippen molar-refractivity contribution < 1.29 is 9.53 Å². The van der Waals surface area contributed by atoms with E-state index in [9.17, 15) is 4.79 Å². The number of hydrogen-bond donors (Lipinski definition) is 2. The lowest BCUT2D eigenvalue weighted by Gasteiger charge is -2.36. The topological polar surface area (TPSA) is 66.5 Å². The maximum Gasteiger partial charge on any atom is 0.224 e. The fraction of sp³-hybridized carbons (Fsp3) is 0.368. The largest absolute Gasteiger partial charge is 0.495 e. The Balaban J connectivity index is 0.00000196. The second-order valence-electron chi connectivity index (χ2n) is 6.11. The molecule has 1 saturated heterocycles. The number of carbonyl (C=O) groups excluding carboxylic acids is 1. The van der Waals surface area contributed by atoms with Gasteiger partial charge in [0.15, 0.2) is 0 Å². The molecular weight excluding hydrogens is 423 g/mol. The number of hydrogen-bond acceptors (Lipinski definition) is 5. The van der Waals surface area contributed by atoms with Gasteiger partial charge >= 0.3 is 0 Å². The van der Waals surface area contributed by atoms with E-state index in [-0.39, 0.29) is 36.8 Å². The van der Waals surface area contributed by atoms with Crippen LogP contribution in [0.5, 0.6) is 5.75 Å². The summed E-state index contributed by atoms with van der Waals surface area (Å²) in [7, 11) is 1.61. The molecule has 0 bridgehead atoms. The van der Waals surface area contributed by atoms with E-state index in [1.165, 1.54) is 0 Å². The maximum atomic E-state index is 12.8. The Morgan fingerprint density at radius 3 is 2.93 bits per heavy atom. The normalized spacial score (nSPS) is 15.8. The average Bonchev–Trinajstić information content (AvgIpc) is 2.69. The summed E-state index contributed by atoms with van der Waals surface area (Å²) in [6, 6.07) is 9.32. The highest BCUT2D eigenvalue weighted by atomic mass is 35.5. The van der Waals surface area contributed by atoms with Crippen LogP contribution in [0.25, 0.3) is 0 Å². The van der Waals surface area contributed by atoms with Gasteiger partial charge in [0.1, 0.15) is 5.75 Å². The van der Waals surface area contributed by atoms with Crippen LogP contribution in [0.2, 0.25) is 5.02 Å². The maximum absolute atomic E-state index is 12.8. The van der Waals surface area contributed by atoms with Crippen molar-refractivity contribution in [1.82, 2.24) is 15.2 Å². The van der Waals surface area contributed by atoms with Gasteiger partial charge in [-0.05, 0) is 29.8 Å². The zero-order valence-electron chi connectivity index (χ0n) is 15.6. The minimum absolute atomic E-state index is 0. The van der Waals surface area contributed by atoms with E-state index in [1.807, 2.05) is 23.2 Å². The zero-order valence-corrected chi connectivity index (χ0v) is 17.9. The molecule has 0 saturated carbocycles. The van der Waals surface area contributed by atoms with Gasteiger partial charge < -0.3 is 20.3 Å². The Bertz CT molecular complexity index is 749. The Morgan fingerprint density at radius 1 is 1.39 bits per heavy atom. The molecule has 1 aliphatic rings.